The Morgan fingerprint density at radius 3 is 2.82 bits per heavy atom. The van der Waals surface area contributed by atoms with Crippen LogP contribution in [0.1, 0.15) is 35.1 Å². The fourth-order valence-corrected chi connectivity index (χ4v) is 2.23. The number of H-pyrrole nitrogens is 1. The predicted molar refractivity (Wildman–Crippen MR) is 83.3 cm³/mol. The zero-order valence-corrected chi connectivity index (χ0v) is 13.1. The van der Waals surface area contributed by atoms with Gasteiger partial charge in [0.05, 0.1) is 14.2 Å². The van der Waals surface area contributed by atoms with Gasteiger partial charge >= 0.3 is 0 Å². The molecule has 1 amide bonds. The SMILES string of the molecule is CCCc1cc(C(=O)NCc2cccc(OC)c2OC)n[nH]1. The molecule has 0 fully saturated rings. The number of hydrogen-bond acceptors (Lipinski definition) is 4. The van der Waals surface area contributed by atoms with Crippen molar-refractivity contribution in [2.45, 2.75) is 26.3 Å². The first-order valence-electron chi connectivity index (χ1n) is 7.22. The van der Waals surface area contributed by atoms with Gasteiger partial charge in [0.15, 0.2) is 11.5 Å². The summed E-state index contributed by atoms with van der Waals surface area (Å²) in [6, 6.07) is 7.34. The van der Waals surface area contributed by atoms with Crippen molar-refractivity contribution >= 4 is 5.91 Å². The van der Waals surface area contributed by atoms with Crippen LogP contribution in [-0.4, -0.2) is 30.3 Å². The van der Waals surface area contributed by atoms with Crippen molar-refractivity contribution in [2.24, 2.45) is 0 Å². The molecule has 6 heteroatoms. The number of carbonyl (C=O) groups excluding carboxylic acids is 1. The molecule has 0 aliphatic rings. The number of rotatable bonds is 7. The van der Waals surface area contributed by atoms with E-state index in [0.29, 0.717) is 23.7 Å². The van der Waals surface area contributed by atoms with E-state index in [1.165, 1.54) is 0 Å². The number of aryl methyl sites for hydroxylation is 1. The van der Waals surface area contributed by atoms with Crippen LogP contribution in [0.15, 0.2) is 24.3 Å². The average Bonchev–Trinajstić information content (AvgIpc) is 3.01. The lowest BCUT2D eigenvalue weighted by atomic mass is 10.2. The Bertz CT molecular complexity index is 637. The molecule has 0 bridgehead atoms. The first kappa shape index (κ1) is 15.9. The number of para-hydroxylation sites is 1. The van der Waals surface area contributed by atoms with Gasteiger partial charge in [-0.25, -0.2) is 0 Å². The van der Waals surface area contributed by atoms with Crippen molar-refractivity contribution in [1.29, 1.82) is 0 Å². The van der Waals surface area contributed by atoms with E-state index < -0.39 is 0 Å². The van der Waals surface area contributed by atoms with Crippen LogP contribution in [0.3, 0.4) is 0 Å². The van der Waals surface area contributed by atoms with Crippen LogP contribution in [0.4, 0.5) is 0 Å². The number of hydrogen-bond donors (Lipinski definition) is 2. The molecule has 0 atom stereocenters. The molecule has 1 aromatic carbocycles. The molecule has 22 heavy (non-hydrogen) atoms. The number of benzene rings is 1. The van der Waals surface area contributed by atoms with Crippen molar-refractivity contribution in [3.8, 4) is 11.5 Å². The molecule has 1 aromatic heterocycles. The van der Waals surface area contributed by atoms with Crippen LogP contribution in [0, 0.1) is 0 Å². The van der Waals surface area contributed by atoms with Gasteiger partial charge in [0, 0.05) is 17.8 Å². The Morgan fingerprint density at radius 2 is 2.14 bits per heavy atom. The van der Waals surface area contributed by atoms with Crippen molar-refractivity contribution in [1.82, 2.24) is 15.5 Å². The monoisotopic (exact) mass is 303 g/mol. The lowest BCUT2D eigenvalue weighted by molar-refractivity contribution is 0.0945. The van der Waals surface area contributed by atoms with Gasteiger partial charge in [-0.15, -0.1) is 0 Å². The number of aromatic amines is 1. The minimum absolute atomic E-state index is 0.219. The maximum atomic E-state index is 12.1. The van der Waals surface area contributed by atoms with Gasteiger partial charge in [0.1, 0.15) is 5.69 Å². The van der Waals surface area contributed by atoms with E-state index in [4.69, 9.17) is 9.47 Å². The van der Waals surface area contributed by atoms with Gasteiger partial charge < -0.3 is 14.8 Å². The standard InChI is InChI=1S/C16H21N3O3/c1-4-6-12-9-13(19-18-12)16(20)17-10-11-7-5-8-14(21-2)15(11)22-3/h5,7-9H,4,6,10H2,1-3H3,(H,17,20)(H,18,19). The summed E-state index contributed by atoms with van der Waals surface area (Å²) in [7, 11) is 3.16. The Balaban J connectivity index is 2.04. The summed E-state index contributed by atoms with van der Waals surface area (Å²) in [6.07, 6.45) is 1.88. The second kappa shape index (κ2) is 7.49. The summed E-state index contributed by atoms with van der Waals surface area (Å²) < 4.78 is 10.6. The zero-order valence-electron chi connectivity index (χ0n) is 13.1. The fraction of sp³-hybridized carbons (Fsp3) is 0.375. The van der Waals surface area contributed by atoms with Crippen molar-refractivity contribution in [3.05, 3.63) is 41.2 Å². The first-order valence-corrected chi connectivity index (χ1v) is 7.22. The molecule has 0 radical (unpaired) electrons. The second-order valence-corrected chi connectivity index (χ2v) is 4.86. The van der Waals surface area contributed by atoms with Crippen molar-refractivity contribution in [3.63, 3.8) is 0 Å². The Hall–Kier alpha value is -2.50. The summed E-state index contributed by atoms with van der Waals surface area (Å²) >= 11 is 0. The molecule has 0 spiro atoms. The topological polar surface area (TPSA) is 76.2 Å². The van der Waals surface area contributed by atoms with Crippen LogP contribution in [-0.2, 0) is 13.0 Å². The normalized spacial score (nSPS) is 10.3. The summed E-state index contributed by atoms with van der Waals surface area (Å²) in [5.41, 5.74) is 2.21. The van der Waals surface area contributed by atoms with E-state index >= 15 is 0 Å². The van der Waals surface area contributed by atoms with E-state index in [2.05, 4.69) is 22.4 Å². The van der Waals surface area contributed by atoms with Gasteiger partial charge in [-0.1, -0.05) is 25.5 Å². The summed E-state index contributed by atoms with van der Waals surface area (Å²) in [5, 5.41) is 9.74. The van der Waals surface area contributed by atoms with E-state index in [0.717, 1.165) is 24.1 Å². The van der Waals surface area contributed by atoms with Crippen LogP contribution in [0.5, 0.6) is 11.5 Å². The molecule has 118 valence electrons. The highest BCUT2D eigenvalue weighted by Crippen LogP contribution is 2.30. The minimum Gasteiger partial charge on any atom is -0.493 e. The Morgan fingerprint density at radius 1 is 1.32 bits per heavy atom. The summed E-state index contributed by atoms with van der Waals surface area (Å²) in [5.74, 6) is 1.04. The molecule has 1 heterocycles. The van der Waals surface area contributed by atoms with Crippen molar-refractivity contribution < 1.29 is 14.3 Å². The highest BCUT2D eigenvalue weighted by Gasteiger charge is 2.13. The van der Waals surface area contributed by atoms with Crippen LogP contribution in [0.2, 0.25) is 0 Å². The Kier molecular flexibility index (Phi) is 5.41. The van der Waals surface area contributed by atoms with Crippen LogP contribution < -0.4 is 14.8 Å². The number of amides is 1. The number of methoxy groups -OCH3 is 2. The Labute approximate surface area is 129 Å². The van der Waals surface area contributed by atoms with Gasteiger partial charge in [-0.3, -0.25) is 9.89 Å². The van der Waals surface area contributed by atoms with Gasteiger partial charge in [0.2, 0.25) is 0 Å². The molecule has 0 saturated heterocycles. The molecular formula is C16H21N3O3. The third-order valence-electron chi connectivity index (χ3n) is 3.31. The summed E-state index contributed by atoms with van der Waals surface area (Å²) in [4.78, 5) is 12.1. The minimum atomic E-state index is -0.219. The highest BCUT2D eigenvalue weighted by molar-refractivity contribution is 5.92. The maximum Gasteiger partial charge on any atom is 0.272 e. The molecule has 2 aromatic rings. The van der Waals surface area contributed by atoms with Crippen molar-refractivity contribution in [2.75, 3.05) is 14.2 Å². The predicted octanol–water partition coefficient (Wildman–Crippen LogP) is 2.31. The second-order valence-electron chi connectivity index (χ2n) is 4.86. The number of aromatic nitrogens is 2. The molecule has 0 aliphatic carbocycles. The van der Waals surface area contributed by atoms with Gasteiger partial charge in [0.25, 0.3) is 5.91 Å². The third-order valence-corrected chi connectivity index (χ3v) is 3.31. The zero-order chi connectivity index (χ0) is 15.9. The number of carbonyl (C=O) groups is 1. The lowest BCUT2D eigenvalue weighted by Gasteiger charge is -2.12. The number of nitrogens with one attached hydrogen (secondary N) is 2. The van der Waals surface area contributed by atoms with Crippen LogP contribution in [0.25, 0.3) is 0 Å². The maximum absolute atomic E-state index is 12.1. The van der Waals surface area contributed by atoms with E-state index in [1.807, 2.05) is 18.2 Å². The highest BCUT2D eigenvalue weighted by atomic mass is 16.5. The van der Waals surface area contributed by atoms with Gasteiger partial charge in [-0.2, -0.15) is 5.10 Å². The number of nitrogens with zero attached hydrogens (tertiary/aromatic N) is 1. The molecule has 2 N–H and O–H groups in total. The van der Waals surface area contributed by atoms with E-state index in [1.54, 1.807) is 20.3 Å². The number of ether oxygens (including phenoxy) is 2. The fourth-order valence-electron chi connectivity index (χ4n) is 2.23. The average molecular weight is 303 g/mol. The largest absolute Gasteiger partial charge is 0.493 e. The van der Waals surface area contributed by atoms with E-state index in [9.17, 15) is 4.79 Å². The smallest absolute Gasteiger partial charge is 0.272 e. The molecule has 2 rings (SSSR count). The molecule has 6 nitrogen and oxygen atoms in total. The van der Waals surface area contributed by atoms with Gasteiger partial charge in [-0.05, 0) is 18.6 Å². The third kappa shape index (κ3) is 3.58. The quantitative estimate of drug-likeness (QED) is 0.823. The van der Waals surface area contributed by atoms with Crippen LogP contribution >= 0.6 is 0 Å². The van der Waals surface area contributed by atoms with E-state index in [-0.39, 0.29) is 5.91 Å². The summed E-state index contributed by atoms with van der Waals surface area (Å²) in [6.45, 7) is 2.42. The molecule has 0 saturated carbocycles. The lowest BCUT2D eigenvalue weighted by Crippen LogP contribution is -2.23. The molecular weight excluding hydrogens is 282 g/mol. The molecule has 0 aliphatic heterocycles. The molecule has 0 unspecified atom stereocenters. The first-order chi connectivity index (χ1) is 10.7.